The van der Waals surface area contributed by atoms with Crippen LogP contribution >= 0.6 is 11.6 Å². The van der Waals surface area contributed by atoms with E-state index in [1.54, 1.807) is 0 Å². The summed E-state index contributed by atoms with van der Waals surface area (Å²) in [5, 5.41) is 3.35. The lowest BCUT2D eigenvalue weighted by Gasteiger charge is -2.24. The number of halogens is 4. The Kier molecular flexibility index (Phi) is 3.58. The minimum atomic E-state index is -4.36. The van der Waals surface area contributed by atoms with Crippen LogP contribution in [0.2, 0.25) is 5.15 Å². The largest absolute Gasteiger partial charge is 0.417 e. The third-order valence-corrected chi connectivity index (χ3v) is 3.29. The summed E-state index contributed by atoms with van der Waals surface area (Å²) < 4.78 is 37.7. The van der Waals surface area contributed by atoms with Gasteiger partial charge in [-0.25, -0.2) is 4.98 Å². The fraction of sp³-hybridized carbons (Fsp3) is 0.545. The van der Waals surface area contributed by atoms with Crippen molar-refractivity contribution in [3.63, 3.8) is 0 Å². The number of nitrogens with one attached hydrogen (secondary N) is 1. The van der Waals surface area contributed by atoms with Gasteiger partial charge < -0.3 is 5.32 Å². The number of alkyl halides is 3. The molecule has 6 heteroatoms. The molecule has 1 fully saturated rings. The number of hydrogen-bond acceptors (Lipinski definition) is 2. The molecule has 1 saturated heterocycles. The van der Waals surface area contributed by atoms with Crippen molar-refractivity contribution >= 4 is 11.6 Å². The Hall–Kier alpha value is -0.810. The Morgan fingerprint density at radius 2 is 1.94 bits per heavy atom. The first-order valence-electron chi connectivity index (χ1n) is 5.42. The van der Waals surface area contributed by atoms with Crippen molar-refractivity contribution in [1.29, 1.82) is 0 Å². The molecule has 1 aromatic rings. The van der Waals surface area contributed by atoms with Gasteiger partial charge >= 0.3 is 6.18 Å². The molecule has 0 unspecified atom stereocenters. The highest BCUT2D eigenvalue weighted by Gasteiger charge is 2.32. The van der Waals surface area contributed by atoms with Crippen LogP contribution in [-0.2, 0) is 6.18 Å². The maximum absolute atomic E-state index is 12.6. The topological polar surface area (TPSA) is 24.9 Å². The van der Waals surface area contributed by atoms with Gasteiger partial charge in [0, 0.05) is 6.20 Å². The monoisotopic (exact) mass is 264 g/mol. The highest BCUT2D eigenvalue weighted by atomic mass is 35.5. The van der Waals surface area contributed by atoms with Crippen LogP contribution in [0.25, 0.3) is 0 Å². The van der Waals surface area contributed by atoms with Crippen LogP contribution in [-0.4, -0.2) is 18.1 Å². The predicted octanol–water partition coefficient (Wildman–Crippen LogP) is 3.22. The molecule has 1 aromatic heterocycles. The molecular weight excluding hydrogens is 253 g/mol. The second-order valence-electron chi connectivity index (χ2n) is 4.13. The van der Waals surface area contributed by atoms with E-state index in [0.29, 0.717) is 5.56 Å². The second-order valence-corrected chi connectivity index (χ2v) is 4.48. The van der Waals surface area contributed by atoms with E-state index in [4.69, 9.17) is 11.6 Å². The van der Waals surface area contributed by atoms with Crippen LogP contribution in [0.15, 0.2) is 12.3 Å². The molecule has 2 nitrogen and oxygen atoms in total. The van der Waals surface area contributed by atoms with Gasteiger partial charge in [-0.3, -0.25) is 0 Å². The fourth-order valence-electron chi connectivity index (χ4n) is 2.04. The molecule has 94 valence electrons. The fourth-order valence-corrected chi connectivity index (χ4v) is 2.30. The molecular formula is C11H12ClF3N2. The van der Waals surface area contributed by atoms with Gasteiger partial charge in [0.2, 0.25) is 0 Å². The molecule has 0 atom stereocenters. The Morgan fingerprint density at radius 1 is 1.29 bits per heavy atom. The summed E-state index contributed by atoms with van der Waals surface area (Å²) in [5.74, 6) is 0.0681. The third-order valence-electron chi connectivity index (χ3n) is 2.97. The van der Waals surface area contributed by atoms with Crippen molar-refractivity contribution in [3.8, 4) is 0 Å². The van der Waals surface area contributed by atoms with E-state index in [2.05, 4.69) is 10.3 Å². The number of nitrogens with zero attached hydrogens (tertiary/aromatic N) is 1. The molecule has 0 amide bonds. The van der Waals surface area contributed by atoms with Gasteiger partial charge in [0.1, 0.15) is 5.15 Å². The van der Waals surface area contributed by atoms with Crippen molar-refractivity contribution in [2.45, 2.75) is 24.9 Å². The van der Waals surface area contributed by atoms with Gasteiger partial charge in [-0.2, -0.15) is 13.2 Å². The Labute approximate surface area is 102 Å². The van der Waals surface area contributed by atoms with E-state index >= 15 is 0 Å². The van der Waals surface area contributed by atoms with E-state index < -0.39 is 11.7 Å². The number of hydrogen-bond donors (Lipinski definition) is 1. The summed E-state index contributed by atoms with van der Waals surface area (Å²) in [6.07, 6.45) is -1.99. The number of rotatable bonds is 1. The van der Waals surface area contributed by atoms with Crippen LogP contribution < -0.4 is 5.32 Å². The molecule has 2 rings (SSSR count). The molecule has 0 bridgehead atoms. The lowest BCUT2D eigenvalue weighted by Crippen LogP contribution is -2.27. The summed E-state index contributed by atoms with van der Waals surface area (Å²) in [5.41, 5.74) is -0.210. The number of piperidine rings is 1. The van der Waals surface area contributed by atoms with Crippen molar-refractivity contribution in [2.75, 3.05) is 13.1 Å². The SMILES string of the molecule is FC(F)(F)c1cnc(Cl)c(C2CCNCC2)c1. The summed E-state index contributed by atoms with van der Waals surface area (Å²) in [6.45, 7) is 1.61. The lowest BCUT2D eigenvalue weighted by atomic mass is 9.90. The van der Waals surface area contributed by atoms with E-state index in [-0.39, 0.29) is 11.1 Å². The Bertz CT molecular complexity index is 400. The zero-order valence-corrected chi connectivity index (χ0v) is 9.78. The second kappa shape index (κ2) is 4.82. The Balaban J connectivity index is 2.31. The van der Waals surface area contributed by atoms with Crippen LogP contribution in [0.5, 0.6) is 0 Å². The quantitative estimate of drug-likeness (QED) is 0.788. The maximum atomic E-state index is 12.6. The van der Waals surface area contributed by atoms with Crippen LogP contribution in [0.4, 0.5) is 13.2 Å². The average molecular weight is 265 g/mol. The minimum Gasteiger partial charge on any atom is -0.317 e. The van der Waals surface area contributed by atoms with Crippen molar-refractivity contribution < 1.29 is 13.2 Å². The molecule has 0 aliphatic carbocycles. The average Bonchev–Trinajstić information content (AvgIpc) is 2.29. The molecule has 0 aromatic carbocycles. The van der Waals surface area contributed by atoms with Crippen LogP contribution in [0.1, 0.15) is 29.9 Å². The van der Waals surface area contributed by atoms with Gasteiger partial charge in [-0.05, 0) is 43.5 Å². The van der Waals surface area contributed by atoms with Crippen molar-refractivity contribution in [2.24, 2.45) is 0 Å². The van der Waals surface area contributed by atoms with Gasteiger partial charge in [-0.1, -0.05) is 11.6 Å². The molecule has 0 radical (unpaired) electrons. The van der Waals surface area contributed by atoms with Crippen LogP contribution in [0, 0.1) is 0 Å². The summed E-state index contributed by atoms with van der Waals surface area (Å²) in [6, 6.07) is 1.13. The number of pyridine rings is 1. The standard InChI is InChI=1S/C11H12ClF3N2/c12-10-9(7-1-3-16-4-2-7)5-8(6-17-10)11(13,14)15/h5-7,16H,1-4H2. The van der Waals surface area contributed by atoms with Gasteiger partial charge in [-0.15, -0.1) is 0 Å². The number of aromatic nitrogens is 1. The third kappa shape index (κ3) is 2.90. The van der Waals surface area contributed by atoms with Crippen molar-refractivity contribution in [3.05, 3.63) is 28.5 Å². The molecule has 0 spiro atoms. The van der Waals surface area contributed by atoms with E-state index in [1.165, 1.54) is 0 Å². The first-order valence-corrected chi connectivity index (χ1v) is 5.79. The van der Waals surface area contributed by atoms with Gasteiger partial charge in [0.05, 0.1) is 5.56 Å². The van der Waals surface area contributed by atoms with E-state index in [9.17, 15) is 13.2 Å². The van der Waals surface area contributed by atoms with Crippen molar-refractivity contribution in [1.82, 2.24) is 10.3 Å². The Morgan fingerprint density at radius 3 is 2.53 bits per heavy atom. The van der Waals surface area contributed by atoms with E-state index in [0.717, 1.165) is 38.2 Å². The molecule has 2 heterocycles. The zero-order valence-electron chi connectivity index (χ0n) is 9.02. The highest BCUT2D eigenvalue weighted by molar-refractivity contribution is 6.30. The summed E-state index contributed by atoms with van der Waals surface area (Å²) in [4.78, 5) is 3.65. The summed E-state index contributed by atoms with van der Waals surface area (Å²) in [7, 11) is 0. The smallest absolute Gasteiger partial charge is 0.317 e. The normalized spacial score (nSPS) is 18.4. The van der Waals surface area contributed by atoms with E-state index in [1.807, 2.05) is 0 Å². The molecule has 0 saturated carbocycles. The molecule has 1 aliphatic heterocycles. The zero-order chi connectivity index (χ0) is 12.5. The lowest BCUT2D eigenvalue weighted by molar-refractivity contribution is -0.137. The highest BCUT2D eigenvalue weighted by Crippen LogP contribution is 2.35. The first kappa shape index (κ1) is 12.6. The minimum absolute atomic E-state index is 0.0681. The molecule has 1 N–H and O–H groups in total. The van der Waals surface area contributed by atoms with Gasteiger partial charge in [0.15, 0.2) is 0 Å². The van der Waals surface area contributed by atoms with Crippen LogP contribution in [0.3, 0.4) is 0 Å². The summed E-state index contributed by atoms with van der Waals surface area (Å²) >= 11 is 5.88. The molecule has 1 aliphatic rings. The first-order chi connectivity index (χ1) is 7.98. The maximum Gasteiger partial charge on any atom is 0.417 e. The predicted molar refractivity (Wildman–Crippen MR) is 59.1 cm³/mol. The molecule has 17 heavy (non-hydrogen) atoms. The van der Waals surface area contributed by atoms with Gasteiger partial charge in [0.25, 0.3) is 0 Å².